The average molecular weight is 234 g/mol. The summed E-state index contributed by atoms with van der Waals surface area (Å²) in [5.41, 5.74) is 1.43. The lowest BCUT2D eigenvalue weighted by Crippen LogP contribution is -1.97. The number of hydrogen-bond donors (Lipinski definition) is 0. The minimum absolute atomic E-state index is 0.457. The Balaban J connectivity index is 2.44. The molecule has 5 heteroatoms. The molecule has 0 N–H and O–H groups in total. The van der Waals surface area contributed by atoms with E-state index in [1.54, 1.807) is 27.1 Å². The first kappa shape index (κ1) is 10.8. The van der Waals surface area contributed by atoms with E-state index in [0.29, 0.717) is 5.69 Å². The standard InChI is InChI=1S/C10H9FN2S.Al/c11-7-8-5-6-13(12-8)9-3-1-2-4-10(9)14;/h1-6,14H,7H2;/q;+1/p-1. The summed E-state index contributed by atoms with van der Waals surface area (Å²) >= 11 is 2.60. The van der Waals surface area contributed by atoms with Gasteiger partial charge in [0.15, 0.2) is 0 Å². The van der Waals surface area contributed by atoms with Gasteiger partial charge in [-0.05, 0) is 18.2 Å². The van der Waals surface area contributed by atoms with Crippen LogP contribution in [0.3, 0.4) is 0 Å². The van der Waals surface area contributed by atoms with Gasteiger partial charge in [0.2, 0.25) is 15.2 Å². The van der Waals surface area contributed by atoms with E-state index in [1.807, 2.05) is 24.3 Å². The highest BCUT2D eigenvalue weighted by molar-refractivity contribution is 8.19. The van der Waals surface area contributed by atoms with Crippen molar-refractivity contribution < 1.29 is 4.39 Å². The molecular formula is C10H8AlFN2S. The van der Waals surface area contributed by atoms with Crippen molar-refractivity contribution in [3.8, 4) is 5.69 Å². The Morgan fingerprint density at radius 2 is 2.13 bits per heavy atom. The lowest BCUT2D eigenvalue weighted by molar-refractivity contribution is 0.473. The van der Waals surface area contributed by atoms with Gasteiger partial charge in [0.25, 0.3) is 0 Å². The van der Waals surface area contributed by atoms with Crippen molar-refractivity contribution in [2.75, 3.05) is 0 Å². The van der Waals surface area contributed by atoms with Crippen LogP contribution in [0.15, 0.2) is 41.4 Å². The predicted octanol–water partition coefficient (Wildman–Crippen LogP) is 2.52. The summed E-state index contributed by atoms with van der Waals surface area (Å²) in [6.45, 7) is -0.525. The zero-order valence-electron chi connectivity index (χ0n) is 7.93. The quantitative estimate of drug-likeness (QED) is 0.759. The minimum Gasteiger partial charge on any atom is -0.252 e. The Morgan fingerprint density at radius 1 is 1.33 bits per heavy atom. The van der Waals surface area contributed by atoms with Gasteiger partial charge in [-0.1, -0.05) is 12.1 Å². The van der Waals surface area contributed by atoms with Gasteiger partial charge in [0.05, 0.1) is 11.4 Å². The minimum atomic E-state index is -0.525. The van der Waals surface area contributed by atoms with Crippen LogP contribution in [0.4, 0.5) is 4.39 Å². The highest BCUT2D eigenvalue weighted by atomic mass is 32.3. The predicted molar refractivity (Wildman–Crippen MR) is 60.0 cm³/mol. The van der Waals surface area contributed by atoms with E-state index in [1.165, 1.54) is 0 Å². The van der Waals surface area contributed by atoms with Crippen molar-refractivity contribution in [3.63, 3.8) is 0 Å². The van der Waals surface area contributed by atoms with Gasteiger partial charge in [0, 0.05) is 11.1 Å². The second-order valence-electron chi connectivity index (χ2n) is 2.97. The molecule has 0 unspecified atom stereocenters. The largest absolute Gasteiger partial charge is 0.252 e. The number of benzene rings is 1. The SMILES string of the molecule is FCc1ccn(-c2ccccc2[S][Al])n1. The molecule has 0 aliphatic heterocycles. The van der Waals surface area contributed by atoms with E-state index in [0.717, 1.165) is 10.6 Å². The summed E-state index contributed by atoms with van der Waals surface area (Å²) in [4.78, 5) is 1.09. The Kier molecular flexibility index (Phi) is 3.47. The van der Waals surface area contributed by atoms with Gasteiger partial charge in [-0.25, -0.2) is 9.07 Å². The van der Waals surface area contributed by atoms with Gasteiger partial charge in [-0.2, -0.15) is 5.10 Å². The molecule has 0 amide bonds. The average Bonchev–Trinajstić information content (AvgIpc) is 2.77. The third-order valence-electron chi connectivity index (χ3n) is 2.02. The van der Waals surface area contributed by atoms with E-state index in [4.69, 9.17) is 0 Å². The highest BCUT2D eigenvalue weighted by Crippen LogP contribution is 2.22. The van der Waals surface area contributed by atoms with Crippen molar-refractivity contribution in [1.29, 1.82) is 0 Å². The first-order chi connectivity index (χ1) is 7.35. The molecule has 0 aliphatic carbocycles. The second kappa shape index (κ2) is 4.84. The van der Waals surface area contributed by atoms with Crippen LogP contribution in [0.2, 0.25) is 0 Å². The first-order valence-corrected chi connectivity index (χ1v) is 6.71. The molecule has 0 aliphatic rings. The number of para-hydroxylation sites is 1. The summed E-state index contributed by atoms with van der Waals surface area (Å²) in [6, 6.07) is 9.56. The van der Waals surface area contributed by atoms with Crippen molar-refractivity contribution >= 4 is 25.3 Å². The molecule has 0 fully saturated rings. The number of rotatable bonds is 3. The van der Waals surface area contributed by atoms with Gasteiger partial charge < -0.3 is 0 Å². The van der Waals surface area contributed by atoms with Crippen LogP contribution in [0.25, 0.3) is 5.69 Å². The smallest absolute Gasteiger partial charge is 0.241 e. The van der Waals surface area contributed by atoms with Crippen LogP contribution in [0.5, 0.6) is 0 Å². The van der Waals surface area contributed by atoms with E-state index in [2.05, 4.69) is 20.3 Å². The summed E-state index contributed by atoms with van der Waals surface area (Å²) in [5.74, 6) is 0. The zero-order valence-corrected chi connectivity index (χ0v) is 9.90. The Bertz CT molecular complexity index is 458. The van der Waals surface area contributed by atoms with Crippen molar-refractivity contribution in [1.82, 2.24) is 9.78 Å². The van der Waals surface area contributed by atoms with Crippen LogP contribution in [-0.4, -0.2) is 24.9 Å². The summed E-state index contributed by atoms with van der Waals surface area (Å²) in [7, 11) is 1.57. The summed E-state index contributed by atoms with van der Waals surface area (Å²) < 4.78 is 14.0. The third-order valence-corrected chi connectivity index (χ3v) is 3.38. The maximum Gasteiger partial charge on any atom is 0.241 e. The molecule has 0 saturated heterocycles. The molecular weight excluding hydrogens is 226 g/mol. The Labute approximate surface area is 99.0 Å². The number of hydrogen-bond acceptors (Lipinski definition) is 2. The highest BCUT2D eigenvalue weighted by Gasteiger charge is 2.04. The molecule has 1 aromatic heterocycles. The molecule has 74 valence electrons. The number of alkyl halides is 1. The van der Waals surface area contributed by atoms with E-state index >= 15 is 0 Å². The van der Waals surface area contributed by atoms with Gasteiger partial charge >= 0.3 is 0 Å². The fourth-order valence-corrected chi connectivity index (χ4v) is 2.35. The molecule has 0 spiro atoms. The number of halogens is 1. The first-order valence-electron chi connectivity index (χ1n) is 4.42. The summed E-state index contributed by atoms with van der Waals surface area (Å²) in [5, 5.41) is 4.13. The normalized spacial score (nSPS) is 10.5. The Hall–Kier alpha value is -0.758. The fourth-order valence-electron chi connectivity index (χ4n) is 1.31. The van der Waals surface area contributed by atoms with E-state index in [-0.39, 0.29) is 0 Å². The zero-order chi connectivity index (χ0) is 10.7. The van der Waals surface area contributed by atoms with Crippen LogP contribution in [-0.2, 0) is 6.67 Å². The molecule has 0 atom stereocenters. The lowest BCUT2D eigenvalue weighted by atomic mass is 10.3. The second-order valence-corrected chi connectivity index (χ2v) is 4.35. The van der Waals surface area contributed by atoms with Crippen LogP contribution in [0, 0.1) is 0 Å². The molecule has 2 aromatic rings. The number of nitrogens with zero attached hydrogens (tertiary/aromatic N) is 2. The van der Waals surface area contributed by atoms with Crippen molar-refractivity contribution in [2.45, 2.75) is 11.6 Å². The van der Waals surface area contributed by atoms with E-state index in [9.17, 15) is 4.39 Å². The molecule has 15 heavy (non-hydrogen) atoms. The van der Waals surface area contributed by atoms with Crippen LogP contribution < -0.4 is 0 Å². The van der Waals surface area contributed by atoms with Crippen LogP contribution >= 0.6 is 10.1 Å². The van der Waals surface area contributed by atoms with Crippen molar-refractivity contribution in [3.05, 3.63) is 42.2 Å². The molecule has 2 radical (unpaired) electrons. The molecule has 1 aromatic carbocycles. The molecule has 0 saturated carbocycles. The Morgan fingerprint density at radius 3 is 2.80 bits per heavy atom. The summed E-state index contributed by atoms with van der Waals surface area (Å²) in [6.07, 6.45) is 1.77. The molecule has 1 heterocycles. The molecule has 2 rings (SSSR count). The van der Waals surface area contributed by atoms with Crippen LogP contribution in [0.1, 0.15) is 5.69 Å². The monoisotopic (exact) mass is 234 g/mol. The van der Waals surface area contributed by atoms with E-state index < -0.39 is 6.67 Å². The number of aromatic nitrogens is 2. The molecule has 0 bridgehead atoms. The topological polar surface area (TPSA) is 17.8 Å². The lowest BCUT2D eigenvalue weighted by Gasteiger charge is -2.07. The van der Waals surface area contributed by atoms with Gasteiger partial charge in [0.1, 0.15) is 6.67 Å². The van der Waals surface area contributed by atoms with Gasteiger partial charge in [-0.3, -0.25) is 10.1 Å². The maximum absolute atomic E-state index is 12.4. The maximum atomic E-state index is 12.4. The molecule has 2 nitrogen and oxygen atoms in total. The fraction of sp³-hybridized carbons (Fsp3) is 0.100. The third kappa shape index (κ3) is 2.26. The van der Waals surface area contributed by atoms with Crippen molar-refractivity contribution in [2.24, 2.45) is 0 Å². The van der Waals surface area contributed by atoms with Gasteiger partial charge in [-0.15, -0.1) is 0 Å².